The van der Waals surface area contributed by atoms with Crippen LogP contribution in [0.25, 0.3) is 0 Å². The summed E-state index contributed by atoms with van der Waals surface area (Å²) in [7, 11) is 0. The zero-order chi connectivity index (χ0) is 16.2. The molecule has 10 heteroatoms. The number of nitrogens with two attached hydrogens (primary N) is 1. The average molecular weight is 338 g/mol. The van der Waals surface area contributed by atoms with Crippen molar-refractivity contribution in [3.8, 4) is 0 Å². The van der Waals surface area contributed by atoms with E-state index in [1.165, 1.54) is 11.8 Å². The molecule has 0 aromatic carbocycles. The van der Waals surface area contributed by atoms with Crippen molar-refractivity contribution in [1.82, 2.24) is 25.7 Å². The first-order valence-electron chi connectivity index (χ1n) is 7.20. The molecule has 1 amide bonds. The smallest absolute Gasteiger partial charge is 0.230 e. The van der Waals surface area contributed by atoms with Gasteiger partial charge in [0.05, 0.1) is 30.7 Å². The molecule has 2 aromatic heterocycles. The molecule has 3 heterocycles. The molecule has 23 heavy (non-hydrogen) atoms. The van der Waals surface area contributed by atoms with E-state index in [4.69, 9.17) is 15.0 Å². The second-order valence-corrected chi connectivity index (χ2v) is 6.34. The summed E-state index contributed by atoms with van der Waals surface area (Å²) in [5.74, 6) is 1.35. The Morgan fingerprint density at radius 1 is 1.57 bits per heavy atom. The van der Waals surface area contributed by atoms with Gasteiger partial charge in [-0.3, -0.25) is 4.79 Å². The molecule has 1 aliphatic rings. The Balaban J connectivity index is 1.48. The number of rotatable bonds is 6. The summed E-state index contributed by atoms with van der Waals surface area (Å²) in [6.07, 6.45) is 0.691. The van der Waals surface area contributed by atoms with Gasteiger partial charge in [-0.15, -0.1) is 5.10 Å². The maximum atomic E-state index is 12.1. The van der Waals surface area contributed by atoms with E-state index in [2.05, 4.69) is 25.7 Å². The Hall–Kier alpha value is -2.07. The summed E-state index contributed by atoms with van der Waals surface area (Å²) in [6.45, 7) is 2.97. The highest BCUT2D eigenvalue weighted by Gasteiger charge is 2.30. The minimum Gasteiger partial charge on any atom is -0.379 e. The molecule has 2 aromatic rings. The maximum absolute atomic E-state index is 12.1. The highest BCUT2D eigenvalue weighted by molar-refractivity contribution is 7.99. The minimum absolute atomic E-state index is 0.0364. The summed E-state index contributed by atoms with van der Waals surface area (Å²) < 4.78 is 10.7. The minimum atomic E-state index is -0.0902. The van der Waals surface area contributed by atoms with Gasteiger partial charge in [0.2, 0.25) is 17.0 Å². The lowest BCUT2D eigenvalue weighted by Gasteiger charge is -2.17. The Kier molecular flexibility index (Phi) is 4.82. The molecule has 0 aliphatic carbocycles. The number of ether oxygens (including phenoxy) is 1. The largest absolute Gasteiger partial charge is 0.379 e. The standard InChI is InChI=1S/C13H18N6O3S/c1-7-2-9(22-19-7)3-8-4-21-5-10(8)15-11(20)6-23-13-16-12(14)17-18-13/h2,8,10H,3-6H2,1H3,(H,15,20)(H3,14,16,17,18)/t8-,10+/m1/s1. The number of aromatic nitrogens is 4. The lowest BCUT2D eigenvalue weighted by Crippen LogP contribution is -2.41. The molecular weight excluding hydrogens is 320 g/mol. The number of nitrogen functional groups attached to an aromatic ring is 1. The second-order valence-electron chi connectivity index (χ2n) is 5.40. The number of nitrogens with zero attached hydrogens (tertiary/aromatic N) is 3. The molecule has 2 atom stereocenters. The maximum Gasteiger partial charge on any atom is 0.230 e. The Morgan fingerprint density at radius 3 is 3.13 bits per heavy atom. The van der Waals surface area contributed by atoms with Gasteiger partial charge in [-0.05, 0) is 6.92 Å². The van der Waals surface area contributed by atoms with Crippen LogP contribution in [0, 0.1) is 12.8 Å². The number of amides is 1. The molecule has 0 unspecified atom stereocenters. The Labute approximate surface area is 136 Å². The van der Waals surface area contributed by atoms with Crippen LogP contribution in [0.5, 0.6) is 0 Å². The zero-order valence-electron chi connectivity index (χ0n) is 12.6. The van der Waals surface area contributed by atoms with E-state index in [-0.39, 0.29) is 29.6 Å². The fourth-order valence-electron chi connectivity index (χ4n) is 2.43. The first kappa shape index (κ1) is 15.8. The molecular formula is C13H18N6O3S. The number of hydrogen-bond donors (Lipinski definition) is 3. The second kappa shape index (κ2) is 7.01. The number of carbonyl (C=O) groups excluding carboxylic acids is 1. The van der Waals surface area contributed by atoms with Gasteiger partial charge >= 0.3 is 0 Å². The van der Waals surface area contributed by atoms with Crippen LogP contribution in [0.1, 0.15) is 11.5 Å². The molecule has 124 valence electrons. The van der Waals surface area contributed by atoms with Crippen molar-refractivity contribution in [2.75, 3.05) is 24.7 Å². The average Bonchev–Trinajstić information content (AvgIpc) is 3.21. The van der Waals surface area contributed by atoms with Crippen molar-refractivity contribution in [2.24, 2.45) is 5.92 Å². The van der Waals surface area contributed by atoms with Crippen LogP contribution < -0.4 is 11.1 Å². The monoisotopic (exact) mass is 338 g/mol. The van der Waals surface area contributed by atoms with Crippen LogP contribution in [0.15, 0.2) is 15.7 Å². The van der Waals surface area contributed by atoms with E-state index in [1.54, 1.807) is 0 Å². The number of nitrogens with one attached hydrogen (secondary N) is 2. The Bertz CT molecular complexity index is 672. The highest BCUT2D eigenvalue weighted by Crippen LogP contribution is 2.20. The third-order valence-corrected chi connectivity index (χ3v) is 4.35. The van der Waals surface area contributed by atoms with E-state index in [1.807, 2.05) is 13.0 Å². The zero-order valence-corrected chi connectivity index (χ0v) is 13.4. The number of anilines is 1. The lowest BCUT2D eigenvalue weighted by molar-refractivity contribution is -0.119. The fraction of sp³-hybridized carbons (Fsp3) is 0.538. The van der Waals surface area contributed by atoms with Gasteiger partial charge in [0.1, 0.15) is 5.76 Å². The molecule has 4 N–H and O–H groups in total. The quantitative estimate of drug-likeness (QED) is 0.634. The summed E-state index contributed by atoms with van der Waals surface area (Å²) >= 11 is 1.23. The molecule has 0 saturated carbocycles. The third kappa shape index (κ3) is 4.23. The molecule has 1 saturated heterocycles. The van der Waals surface area contributed by atoms with E-state index in [0.29, 0.717) is 24.8 Å². The third-order valence-electron chi connectivity index (χ3n) is 3.50. The van der Waals surface area contributed by atoms with Gasteiger partial charge in [-0.2, -0.15) is 4.98 Å². The predicted octanol–water partition coefficient (Wildman–Crippen LogP) is 0.149. The number of aryl methyl sites for hydroxylation is 1. The molecule has 0 radical (unpaired) electrons. The Morgan fingerprint density at radius 2 is 2.43 bits per heavy atom. The number of thioether (sulfide) groups is 1. The highest BCUT2D eigenvalue weighted by atomic mass is 32.2. The number of aromatic amines is 1. The van der Waals surface area contributed by atoms with Gasteiger partial charge in [-0.1, -0.05) is 16.9 Å². The fourth-order valence-corrected chi connectivity index (χ4v) is 3.05. The van der Waals surface area contributed by atoms with Crippen LogP contribution in [0.2, 0.25) is 0 Å². The number of carbonyl (C=O) groups is 1. The predicted molar refractivity (Wildman–Crippen MR) is 82.7 cm³/mol. The summed E-state index contributed by atoms with van der Waals surface area (Å²) in [6, 6.07) is 1.87. The topological polar surface area (TPSA) is 132 Å². The molecule has 0 bridgehead atoms. The first-order valence-corrected chi connectivity index (χ1v) is 8.18. The number of hydrogen-bond acceptors (Lipinski definition) is 8. The van der Waals surface area contributed by atoms with Gasteiger partial charge < -0.3 is 20.3 Å². The normalized spacial score (nSPS) is 20.7. The van der Waals surface area contributed by atoms with Crippen molar-refractivity contribution in [1.29, 1.82) is 0 Å². The van der Waals surface area contributed by atoms with E-state index in [0.717, 1.165) is 11.5 Å². The van der Waals surface area contributed by atoms with Crippen LogP contribution in [-0.2, 0) is 16.0 Å². The van der Waals surface area contributed by atoms with E-state index >= 15 is 0 Å². The lowest BCUT2D eigenvalue weighted by atomic mass is 9.98. The van der Waals surface area contributed by atoms with Crippen LogP contribution in [-0.4, -0.2) is 51.3 Å². The molecule has 3 rings (SSSR count). The van der Waals surface area contributed by atoms with Crippen LogP contribution in [0.4, 0.5) is 5.95 Å². The summed E-state index contributed by atoms with van der Waals surface area (Å²) in [5.41, 5.74) is 6.29. The van der Waals surface area contributed by atoms with Crippen LogP contribution >= 0.6 is 11.8 Å². The molecule has 1 aliphatic heterocycles. The van der Waals surface area contributed by atoms with Crippen molar-refractivity contribution in [3.05, 3.63) is 17.5 Å². The number of H-pyrrole nitrogens is 1. The van der Waals surface area contributed by atoms with Gasteiger partial charge in [0.15, 0.2) is 0 Å². The van der Waals surface area contributed by atoms with Crippen molar-refractivity contribution < 1.29 is 14.1 Å². The molecule has 1 fully saturated rings. The molecule has 9 nitrogen and oxygen atoms in total. The first-order chi connectivity index (χ1) is 11.1. The van der Waals surface area contributed by atoms with Crippen molar-refractivity contribution in [2.45, 2.75) is 24.5 Å². The van der Waals surface area contributed by atoms with Gasteiger partial charge in [0, 0.05) is 18.4 Å². The van der Waals surface area contributed by atoms with Crippen molar-refractivity contribution in [3.63, 3.8) is 0 Å². The summed E-state index contributed by atoms with van der Waals surface area (Å²) in [4.78, 5) is 16.0. The summed E-state index contributed by atoms with van der Waals surface area (Å²) in [5, 5.41) is 13.7. The molecule has 0 spiro atoms. The van der Waals surface area contributed by atoms with E-state index in [9.17, 15) is 4.79 Å². The SMILES string of the molecule is Cc1cc(C[C@@H]2COC[C@@H]2NC(=O)CSc2n[nH]c(N)n2)on1. The van der Waals surface area contributed by atoms with Crippen LogP contribution in [0.3, 0.4) is 0 Å². The van der Waals surface area contributed by atoms with E-state index < -0.39 is 0 Å². The van der Waals surface area contributed by atoms with Gasteiger partial charge in [0.25, 0.3) is 0 Å². The van der Waals surface area contributed by atoms with Gasteiger partial charge in [-0.25, -0.2) is 5.10 Å². The van der Waals surface area contributed by atoms with Crippen molar-refractivity contribution >= 4 is 23.6 Å².